The third-order valence-electron chi connectivity index (χ3n) is 1.03. The summed E-state index contributed by atoms with van der Waals surface area (Å²) in [5.74, 6) is 0. The zero-order valence-electron chi connectivity index (χ0n) is 5.78. The van der Waals surface area contributed by atoms with Crippen LogP contribution in [-0.2, 0) is 0 Å². The van der Waals surface area contributed by atoms with E-state index >= 15 is 0 Å². The van der Waals surface area contributed by atoms with Gasteiger partial charge in [-0.05, 0) is 0 Å². The molecule has 0 aliphatic carbocycles. The monoisotopic (exact) mass is 109 g/mol. The molecule has 0 atom stereocenters. The molecular formula is C6H12BN. The van der Waals surface area contributed by atoms with E-state index in [-0.39, 0.29) is 0 Å². The number of nitrogens with one attached hydrogen (secondary N) is 1. The summed E-state index contributed by atoms with van der Waals surface area (Å²) in [4.78, 5) is 0. The summed E-state index contributed by atoms with van der Waals surface area (Å²) in [6, 6.07) is 0. The number of hydrogen-bond acceptors (Lipinski definition) is 1. The molecule has 0 saturated heterocycles. The van der Waals surface area contributed by atoms with Gasteiger partial charge in [-0.3, -0.25) is 0 Å². The Balaban J connectivity index is 3.80. The van der Waals surface area contributed by atoms with Crippen molar-refractivity contribution in [2.75, 3.05) is 7.05 Å². The first kappa shape index (κ1) is 7.47. The molecule has 0 aromatic rings. The summed E-state index contributed by atoms with van der Waals surface area (Å²) in [6.07, 6.45) is 0. The van der Waals surface area contributed by atoms with Crippen molar-refractivity contribution in [2.45, 2.75) is 13.8 Å². The molecule has 0 amide bonds. The quantitative estimate of drug-likeness (QED) is 0.512. The average molecular weight is 109 g/mol. The van der Waals surface area contributed by atoms with E-state index in [0.29, 0.717) is 0 Å². The van der Waals surface area contributed by atoms with Crippen LogP contribution in [0.4, 0.5) is 0 Å². The van der Waals surface area contributed by atoms with Crippen molar-refractivity contribution in [3.05, 3.63) is 12.2 Å². The van der Waals surface area contributed by atoms with E-state index in [0.717, 1.165) is 5.57 Å². The van der Waals surface area contributed by atoms with Crippen LogP contribution in [0.2, 0.25) is 0 Å². The molecule has 0 bridgehead atoms. The Morgan fingerprint density at radius 1 is 1.50 bits per heavy atom. The SMILES string of the molecule is C=C(C)C(C)=BNC. The Kier molecular flexibility index (Phi) is 3.25. The Hall–Kier alpha value is -0.525. The van der Waals surface area contributed by atoms with Gasteiger partial charge in [0.15, 0.2) is 0 Å². The zero-order valence-corrected chi connectivity index (χ0v) is 5.78. The van der Waals surface area contributed by atoms with Gasteiger partial charge in [0.1, 0.15) is 0 Å². The summed E-state index contributed by atoms with van der Waals surface area (Å²) < 4.78 is 0. The van der Waals surface area contributed by atoms with Gasteiger partial charge < -0.3 is 0 Å². The first-order valence-corrected chi connectivity index (χ1v) is 2.68. The molecular weight excluding hydrogens is 96.9 g/mol. The second-order valence-electron chi connectivity index (χ2n) is 1.90. The fourth-order valence-corrected chi connectivity index (χ4v) is 0.340. The van der Waals surface area contributed by atoms with E-state index in [1.54, 1.807) is 0 Å². The van der Waals surface area contributed by atoms with E-state index < -0.39 is 0 Å². The Morgan fingerprint density at radius 3 is 2.12 bits per heavy atom. The van der Waals surface area contributed by atoms with Crippen LogP contribution in [0, 0.1) is 0 Å². The Morgan fingerprint density at radius 2 is 2.00 bits per heavy atom. The second kappa shape index (κ2) is 3.47. The van der Waals surface area contributed by atoms with Gasteiger partial charge >= 0.3 is 50.8 Å². The van der Waals surface area contributed by atoms with Crippen molar-refractivity contribution in [1.82, 2.24) is 5.23 Å². The minimum atomic E-state index is 1.11. The molecule has 0 aliphatic rings. The molecule has 44 valence electrons. The van der Waals surface area contributed by atoms with Crippen molar-refractivity contribution in [1.29, 1.82) is 0 Å². The molecule has 0 saturated carbocycles. The molecule has 0 unspecified atom stereocenters. The third kappa shape index (κ3) is 2.62. The van der Waals surface area contributed by atoms with Gasteiger partial charge in [-0.1, -0.05) is 0 Å². The van der Waals surface area contributed by atoms with Crippen LogP contribution in [0.25, 0.3) is 0 Å². The van der Waals surface area contributed by atoms with Gasteiger partial charge in [0, 0.05) is 0 Å². The summed E-state index contributed by atoms with van der Waals surface area (Å²) in [5, 5.41) is 2.93. The van der Waals surface area contributed by atoms with Gasteiger partial charge in [0.05, 0.1) is 0 Å². The third-order valence-corrected chi connectivity index (χ3v) is 1.03. The van der Waals surface area contributed by atoms with E-state index in [2.05, 4.69) is 11.8 Å². The molecule has 0 aromatic heterocycles. The summed E-state index contributed by atoms with van der Waals surface area (Å²) in [5.41, 5.74) is 2.31. The predicted molar refractivity (Wildman–Crippen MR) is 40.3 cm³/mol. The maximum atomic E-state index is 3.77. The first-order chi connectivity index (χ1) is 3.68. The standard InChI is InChI=1S/C6H12BN/c1-5(2)6(3)7-8-4/h8H,1H2,2-4H3. The Bertz CT molecular complexity index is 116. The average Bonchev–Trinajstić information content (AvgIpc) is 1.67. The van der Waals surface area contributed by atoms with Crippen molar-refractivity contribution < 1.29 is 0 Å². The second-order valence-corrected chi connectivity index (χ2v) is 1.90. The van der Waals surface area contributed by atoms with E-state index in [4.69, 9.17) is 0 Å². The van der Waals surface area contributed by atoms with Gasteiger partial charge in [-0.15, -0.1) is 0 Å². The summed E-state index contributed by atoms with van der Waals surface area (Å²) in [6.45, 7) is 7.78. The number of hydrogen-bond donors (Lipinski definition) is 1. The van der Waals surface area contributed by atoms with Gasteiger partial charge in [0.2, 0.25) is 0 Å². The summed E-state index contributed by atoms with van der Waals surface area (Å²) >= 11 is 0. The van der Waals surface area contributed by atoms with Crippen LogP contribution >= 0.6 is 0 Å². The molecule has 0 spiro atoms. The van der Waals surface area contributed by atoms with Crippen LogP contribution in [-0.4, -0.2) is 19.6 Å². The molecule has 0 aromatic carbocycles. The molecule has 0 heterocycles. The fourth-order valence-electron chi connectivity index (χ4n) is 0.340. The minimum absolute atomic E-state index is 1.11. The van der Waals surface area contributed by atoms with E-state index in [1.165, 1.54) is 5.46 Å². The molecule has 2 heteroatoms. The van der Waals surface area contributed by atoms with Crippen LogP contribution in [0.3, 0.4) is 0 Å². The van der Waals surface area contributed by atoms with Crippen LogP contribution in [0.5, 0.6) is 0 Å². The molecule has 0 radical (unpaired) electrons. The molecule has 1 nitrogen and oxygen atoms in total. The first-order valence-electron chi connectivity index (χ1n) is 2.68. The van der Waals surface area contributed by atoms with Crippen molar-refractivity contribution in [3.63, 3.8) is 0 Å². The number of rotatable bonds is 2. The van der Waals surface area contributed by atoms with Crippen molar-refractivity contribution in [2.24, 2.45) is 0 Å². The van der Waals surface area contributed by atoms with Gasteiger partial charge in [-0.25, -0.2) is 0 Å². The maximum absolute atomic E-state index is 3.77. The normalized spacial score (nSPS) is 10.1. The van der Waals surface area contributed by atoms with Gasteiger partial charge in [-0.2, -0.15) is 0 Å². The molecule has 0 aliphatic heterocycles. The Labute approximate surface area is 51.7 Å². The fraction of sp³-hybridized carbons (Fsp3) is 0.500. The van der Waals surface area contributed by atoms with Crippen LogP contribution in [0.15, 0.2) is 12.2 Å². The van der Waals surface area contributed by atoms with Crippen molar-refractivity contribution >= 4 is 12.5 Å². The predicted octanol–water partition coefficient (Wildman–Crippen LogP) is 0.593. The molecule has 1 N–H and O–H groups in total. The zero-order chi connectivity index (χ0) is 6.57. The van der Waals surface area contributed by atoms with Crippen LogP contribution < -0.4 is 5.23 Å². The van der Waals surface area contributed by atoms with Crippen LogP contribution in [0.1, 0.15) is 13.8 Å². The number of allylic oxidation sites excluding steroid dienone is 1. The van der Waals surface area contributed by atoms with Crippen molar-refractivity contribution in [3.8, 4) is 0 Å². The molecule has 0 fully saturated rings. The molecule has 8 heavy (non-hydrogen) atoms. The van der Waals surface area contributed by atoms with E-state index in [9.17, 15) is 0 Å². The molecule has 0 rings (SSSR count). The van der Waals surface area contributed by atoms with Gasteiger partial charge in [0.25, 0.3) is 0 Å². The van der Waals surface area contributed by atoms with E-state index in [1.807, 2.05) is 28.0 Å². The topological polar surface area (TPSA) is 12.0 Å². The summed E-state index contributed by atoms with van der Waals surface area (Å²) in [7, 11) is 3.81.